The standard InChI is InChI=1S/C45H31NO2/c1-45(2)37-17-7-3-12-30(37)31-24-22-29(27-38(31)45)46(28-23-25-42-36(26-28)33-14-5-9-19-40(33)47-42)39-18-8-4-13-32(39)34-16-11-21-43-44(34)35-15-6-10-20-41(35)48-43/h3-27H,1-2H3. The lowest BCUT2D eigenvalue weighted by Gasteiger charge is -2.30. The number of fused-ring (bicyclic) bond motifs is 9. The molecule has 0 amide bonds. The summed E-state index contributed by atoms with van der Waals surface area (Å²) in [6, 6.07) is 54.1. The predicted molar refractivity (Wildman–Crippen MR) is 199 cm³/mol. The van der Waals surface area contributed by atoms with Crippen molar-refractivity contribution in [3.05, 3.63) is 163 Å². The third kappa shape index (κ3) is 3.82. The second-order valence-corrected chi connectivity index (χ2v) is 13.3. The normalized spacial score (nSPS) is 13.4. The maximum Gasteiger partial charge on any atom is 0.136 e. The summed E-state index contributed by atoms with van der Waals surface area (Å²) in [5, 5.41) is 4.46. The Kier molecular flexibility index (Phi) is 5.63. The second kappa shape index (κ2) is 9.97. The summed E-state index contributed by atoms with van der Waals surface area (Å²) in [5.41, 5.74) is 14.3. The molecule has 0 radical (unpaired) electrons. The van der Waals surface area contributed by atoms with E-state index in [0.29, 0.717) is 0 Å². The summed E-state index contributed by atoms with van der Waals surface area (Å²) in [6.07, 6.45) is 0. The van der Waals surface area contributed by atoms with Gasteiger partial charge in [-0.25, -0.2) is 0 Å². The minimum Gasteiger partial charge on any atom is -0.456 e. The summed E-state index contributed by atoms with van der Waals surface area (Å²) in [5.74, 6) is 0. The van der Waals surface area contributed by atoms with Gasteiger partial charge < -0.3 is 13.7 Å². The van der Waals surface area contributed by atoms with E-state index in [2.05, 4.69) is 146 Å². The molecule has 7 aromatic carbocycles. The lowest BCUT2D eigenvalue weighted by molar-refractivity contribution is 0.660. The first-order chi connectivity index (χ1) is 23.6. The summed E-state index contributed by atoms with van der Waals surface area (Å²) in [7, 11) is 0. The van der Waals surface area contributed by atoms with Gasteiger partial charge in [-0.15, -0.1) is 0 Å². The van der Waals surface area contributed by atoms with Crippen LogP contribution in [0.3, 0.4) is 0 Å². The van der Waals surface area contributed by atoms with Crippen LogP contribution in [0.15, 0.2) is 160 Å². The number of anilines is 3. The zero-order valence-electron chi connectivity index (χ0n) is 26.7. The summed E-state index contributed by atoms with van der Waals surface area (Å²) >= 11 is 0. The third-order valence-corrected chi connectivity index (χ3v) is 10.3. The molecule has 2 heterocycles. The minimum absolute atomic E-state index is 0.126. The van der Waals surface area contributed by atoms with Crippen LogP contribution < -0.4 is 4.90 Å². The van der Waals surface area contributed by atoms with Crippen LogP contribution in [0.2, 0.25) is 0 Å². The molecule has 9 aromatic rings. The van der Waals surface area contributed by atoms with Crippen molar-refractivity contribution in [1.29, 1.82) is 0 Å². The van der Waals surface area contributed by atoms with E-state index in [1.165, 1.54) is 22.3 Å². The van der Waals surface area contributed by atoms with Crippen molar-refractivity contribution in [2.75, 3.05) is 4.90 Å². The van der Waals surface area contributed by atoms with E-state index in [4.69, 9.17) is 8.83 Å². The van der Waals surface area contributed by atoms with E-state index in [0.717, 1.165) is 72.1 Å². The van der Waals surface area contributed by atoms with E-state index in [1.54, 1.807) is 0 Å². The van der Waals surface area contributed by atoms with Crippen molar-refractivity contribution in [3.63, 3.8) is 0 Å². The highest BCUT2D eigenvalue weighted by molar-refractivity contribution is 6.14. The molecule has 0 spiro atoms. The molecule has 3 heteroatoms. The van der Waals surface area contributed by atoms with Gasteiger partial charge in [-0.3, -0.25) is 0 Å². The molecule has 0 atom stereocenters. The lowest BCUT2D eigenvalue weighted by Crippen LogP contribution is -2.16. The fourth-order valence-corrected chi connectivity index (χ4v) is 8.01. The van der Waals surface area contributed by atoms with Crippen LogP contribution in [0.1, 0.15) is 25.0 Å². The Balaban J connectivity index is 1.25. The molecule has 0 bridgehead atoms. The monoisotopic (exact) mass is 617 g/mol. The van der Waals surface area contributed by atoms with Gasteiger partial charge in [0.15, 0.2) is 0 Å². The van der Waals surface area contributed by atoms with E-state index in [9.17, 15) is 0 Å². The zero-order valence-corrected chi connectivity index (χ0v) is 26.7. The van der Waals surface area contributed by atoms with Crippen LogP contribution in [0.25, 0.3) is 66.1 Å². The molecule has 3 nitrogen and oxygen atoms in total. The van der Waals surface area contributed by atoms with Crippen LogP contribution in [0.5, 0.6) is 0 Å². The lowest BCUT2D eigenvalue weighted by atomic mass is 9.82. The molecule has 228 valence electrons. The SMILES string of the molecule is CC1(C)c2ccccc2-c2ccc(N(c3ccc4oc5ccccc5c4c3)c3ccccc3-c3cccc4oc5ccccc5c34)cc21. The number of furan rings is 2. The number of benzene rings is 7. The Hall–Kier alpha value is -6.06. The fraction of sp³-hybridized carbons (Fsp3) is 0.0667. The average molecular weight is 618 g/mol. The summed E-state index contributed by atoms with van der Waals surface area (Å²) in [6.45, 7) is 4.68. The van der Waals surface area contributed by atoms with Gasteiger partial charge in [0.2, 0.25) is 0 Å². The number of rotatable bonds is 4. The molecule has 48 heavy (non-hydrogen) atoms. The third-order valence-electron chi connectivity index (χ3n) is 10.3. The van der Waals surface area contributed by atoms with Gasteiger partial charge in [0, 0.05) is 43.9 Å². The molecule has 0 saturated heterocycles. The Morgan fingerprint density at radius 2 is 1.00 bits per heavy atom. The molecule has 0 N–H and O–H groups in total. The van der Waals surface area contributed by atoms with E-state index < -0.39 is 0 Å². The summed E-state index contributed by atoms with van der Waals surface area (Å²) in [4.78, 5) is 2.41. The molecule has 1 aliphatic carbocycles. The highest BCUT2D eigenvalue weighted by Crippen LogP contribution is 2.52. The molecule has 0 aliphatic heterocycles. The van der Waals surface area contributed by atoms with Crippen molar-refractivity contribution < 1.29 is 8.83 Å². The van der Waals surface area contributed by atoms with Gasteiger partial charge in [-0.2, -0.15) is 0 Å². The van der Waals surface area contributed by atoms with E-state index in [-0.39, 0.29) is 5.41 Å². The Bertz CT molecular complexity index is 2730. The Morgan fingerprint density at radius 3 is 1.88 bits per heavy atom. The first kappa shape index (κ1) is 27.1. The van der Waals surface area contributed by atoms with Crippen LogP contribution >= 0.6 is 0 Å². The van der Waals surface area contributed by atoms with Crippen LogP contribution in [-0.4, -0.2) is 0 Å². The Morgan fingerprint density at radius 1 is 0.417 bits per heavy atom. The zero-order chi connectivity index (χ0) is 32.0. The van der Waals surface area contributed by atoms with E-state index in [1.807, 2.05) is 24.3 Å². The van der Waals surface area contributed by atoms with Gasteiger partial charge in [-0.1, -0.05) is 111 Å². The molecule has 2 aromatic heterocycles. The molecule has 0 saturated carbocycles. The largest absolute Gasteiger partial charge is 0.456 e. The molecular formula is C45H31NO2. The number of hydrogen-bond donors (Lipinski definition) is 0. The number of hydrogen-bond acceptors (Lipinski definition) is 3. The van der Waals surface area contributed by atoms with Crippen LogP contribution in [0.4, 0.5) is 17.1 Å². The topological polar surface area (TPSA) is 29.5 Å². The summed E-state index contributed by atoms with van der Waals surface area (Å²) < 4.78 is 12.6. The quantitative estimate of drug-likeness (QED) is 0.197. The highest BCUT2D eigenvalue weighted by atomic mass is 16.3. The first-order valence-electron chi connectivity index (χ1n) is 16.5. The maximum atomic E-state index is 6.34. The van der Waals surface area contributed by atoms with Crippen molar-refractivity contribution in [2.45, 2.75) is 19.3 Å². The first-order valence-corrected chi connectivity index (χ1v) is 16.5. The van der Waals surface area contributed by atoms with Gasteiger partial charge >= 0.3 is 0 Å². The van der Waals surface area contributed by atoms with Crippen molar-refractivity contribution in [2.24, 2.45) is 0 Å². The molecule has 1 aliphatic rings. The molecule has 0 unspecified atom stereocenters. The van der Waals surface area contributed by atoms with Gasteiger partial charge in [-0.05, 0) is 82.4 Å². The van der Waals surface area contributed by atoms with Gasteiger partial charge in [0.05, 0.1) is 5.69 Å². The van der Waals surface area contributed by atoms with Crippen molar-refractivity contribution in [3.8, 4) is 22.3 Å². The second-order valence-electron chi connectivity index (χ2n) is 13.3. The number of para-hydroxylation sites is 3. The van der Waals surface area contributed by atoms with Crippen LogP contribution in [-0.2, 0) is 5.41 Å². The van der Waals surface area contributed by atoms with E-state index >= 15 is 0 Å². The molecule has 10 rings (SSSR count). The van der Waals surface area contributed by atoms with Crippen molar-refractivity contribution in [1.82, 2.24) is 0 Å². The Labute approximate surface area is 278 Å². The fourth-order valence-electron chi connectivity index (χ4n) is 8.01. The maximum absolute atomic E-state index is 6.34. The minimum atomic E-state index is -0.126. The van der Waals surface area contributed by atoms with Crippen molar-refractivity contribution >= 4 is 60.9 Å². The smallest absolute Gasteiger partial charge is 0.136 e. The highest BCUT2D eigenvalue weighted by Gasteiger charge is 2.36. The van der Waals surface area contributed by atoms with Gasteiger partial charge in [0.25, 0.3) is 0 Å². The molecule has 0 fully saturated rings. The molecular weight excluding hydrogens is 587 g/mol. The van der Waals surface area contributed by atoms with Gasteiger partial charge in [0.1, 0.15) is 22.3 Å². The number of nitrogens with zero attached hydrogens (tertiary/aromatic N) is 1. The van der Waals surface area contributed by atoms with Crippen LogP contribution in [0, 0.1) is 0 Å². The average Bonchev–Trinajstić information content (AvgIpc) is 3.76. The predicted octanol–water partition coefficient (Wildman–Crippen LogP) is 12.9.